The molecular weight excluding hydrogens is 204 g/mol. The summed E-state index contributed by atoms with van der Waals surface area (Å²) in [7, 11) is 0. The zero-order chi connectivity index (χ0) is 10.9. The first-order chi connectivity index (χ1) is 6.32. The fraction of sp³-hybridized carbons (Fsp3) is 0.333. The van der Waals surface area contributed by atoms with Crippen LogP contribution < -0.4 is 5.73 Å². The van der Waals surface area contributed by atoms with Gasteiger partial charge in [0, 0.05) is 11.6 Å². The van der Waals surface area contributed by atoms with Crippen LogP contribution in [0.2, 0.25) is 5.02 Å². The summed E-state index contributed by atoms with van der Waals surface area (Å²) < 4.78 is 0. The van der Waals surface area contributed by atoms with Gasteiger partial charge < -0.3 is 5.73 Å². The molecule has 0 amide bonds. The molecule has 0 unspecified atom stereocenters. The van der Waals surface area contributed by atoms with Gasteiger partial charge >= 0.3 is 0 Å². The lowest BCUT2D eigenvalue weighted by Crippen LogP contribution is -2.28. The zero-order valence-electron chi connectivity index (χ0n) is 7.95. The predicted molar refractivity (Wildman–Crippen MR) is 55.3 cm³/mol. The van der Waals surface area contributed by atoms with E-state index in [0.29, 0.717) is 5.56 Å². The molecule has 0 fully saturated rings. The Morgan fingerprint density at radius 2 is 2.07 bits per heavy atom. The minimum absolute atomic E-state index is 0.109. The van der Waals surface area contributed by atoms with E-state index < -0.39 is 10.5 Å². The Balaban J connectivity index is 3.27. The average Bonchev–Trinajstić information content (AvgIpc) is 2.02. The van der Waals surface area contributed by atoms with Crippen LogP contribution in [0.3, 0.4) is 0 Å². The van der Waals surface area contributed by atoms with Gasteiger partial charge in [0.25, 0.3) is 5.69 Å². The van der Waals surface area contributed by atoms with Crippen LogP contribution in [0, 0.1) is 10.1 Å². The molecule has 0 heterocycles. The molecule has 1 rings (SSSR count). The largest absolute Gasteiger partial charge is 0.322 e. The van der Waals surface area contributed by atoms with E-state index in [4.69, 9.17) is 17.3 Å². The van der Waals surface area contributed by atoms with Crippen molar-refractivity contribution in [3.63, 3.8) is 0 Å². The van der Waals surface area contributed by atoms with Gasteiger partial charge in [-0.25, -0.2) is 0 Å². The molecule has 76 valence electrons. The van der Waals surface area contributed by atoms with Crippen LogP contribution in [0.15, 0.2) is 18.2 Å². The van der Waals surface area contributed by atoms with Crippen molar-refractivity contribution in [2.45, 2.75) is 19.4 Å². The van der Waals surface area contributed by atoms with Crippen molar-refractivity contribution in [1.82, 2.24) is 0 Å². The lowest BCUT2D eigenvalue weighted by Gasteiger charge is -2.18. The number of nitro benzene ring substituents is 1. The maximum atomic E-state index is 10.6. The quantitative estimate of drug-likeness (QED) is 0.607. The first-order valence-corrected chi connectivity index (χ1v) is 4.43. The number of nitrogens with two attached hydrogens (primary N) is 1. The van der Waals surface area contributed by atoms with E-state index >= 15 is 0 Å². The topological polar surface area (TPSA) is 69.2 Å². The first-order valence-electron chi connectivity index (χ1n) is 4.05. The number of nitrogens with zero attached hydrogens (tertiary/aromatic N) is 1. The van der Waals surface area contributed by atoms with Crippen molar-refractivity contribution in [3.8, 4) is 0 Å². The average molecular weight is 215 g/mol. The summed E-state index contributed by atoms with van der Waals surface area (Å²) in [5, 5.41) is 10.7. The summed E-state index contributed by atoms with van der Waals surface area (Å²) in [6, 6.07) is 4.58. The smallest absolute Gasteiger partial charge is 0.288 e. The highest BCUT2D eigenvalue weighted by atomic mass is 35.5. The molecule has 0 spiro atoms. The Morgan fingerprint density at radius 1 is 1.50 bits per heavy atom. The zero-order valence-corrected chi connectivity index (χ0v) is 8.71. The Bertz CT molecular complexity index is 372. The van der Waals surface area contributed by atoms with Gasteiger partial charge in [0.2, 0.25) is 0 Å². The van der Waals surface area contributed by atoms with Crippen molar-refractivity contribution in [2.24, 2.45) is 5.73 Å². The highest BCUT2D eigenvalue weighted by molar-refractivity contribution is 6.32. The van der Waals surface area contributed by atoms with Gasteiger partial charge in [0.05, 0.1) is 4.92 Å². The minimum Gasteiger partial charge on any atom is -0.322 e. The van der Waals surface area contributed by atoms with E-state index in [2.05, 4.69) is 0 Å². The van der Waals surface area contributed by atoms with Crippen LogP contribution in [0.4, 0.5) is 5.69 Å². The Kier molecular flexibility index (Phi) is 2.78. The number of halogens is 1. The summed E-state index contributed by atoms with van der Waals surface area (Å²) in [5.74, 6) is 0. The van der Waals surface area contributed by atoms with Crippen molar-refractivity contribution < 1.29 is 4.92 Å². The van der Waals surface area contributed by atoms with E-state index in [0.717, 1.165) is 0 Å². The molecular formula is C9H11ClN2O2. The van der Waals surface area contributed by atoms with E-state index in [1.54, 1.807) is 19.9 Å². The Hall–Kier alpha value is -1.13. The van der Waals surface area contributed by atoms with Crippen LogP contribution in [-0.4, -0.2) is 4.92 Å². The normalized spacial score (nSPS) is 11.4. The first kappa shape index (κ1) is 10.9. The molecule has 0 saturated carbocycles. The van der Waals surface area contributed by atoms with Crippen molar-refractivity contribution in [3.05, 3.63) is 38.9 Å². The third-order valence-electron chi connectivity index (χ3n) is 1.89. The van der Waals surface area contributed by atoms with Crippen LogP contribution >= 0.6 is 11.6 Å². The van der Waals surface area contributed by atoms with Crippen molar-refractivity contribution >= 4 is 17.3 Å². The molecule has 2 N–H and O–H groups in total. The van der Waals surface area contributed by atoms with Crippen molar-refractivity contribution in [2.75, 3.05) is 0 Å². The van der Waals surface area contributed by atoms with Crippen LogP contribution in [0.5, 0.6) is 0 Å². The summed E-state index contributed by atoms with van der Waals surface area (Å²) in [4.78, 5) is 10.1. The molecule has 0 aromatic heterocycles. The number of rotatable bonds is 2. The second kappa shape index (κ2) is 3.55. The SMILES string of the molecule is CC(C)(N)c1ccc(Cl)c([N+](=O)[O-])c1. The summed E-state index contributed by atoms with van der Waals surface area (Å²) in [5.41, 5.74) is 5.79. The number of hydrogen-bond acceptors (Lipinski definition) is 3. The fourth-order valence-electron chi connectivity index (χ4n) is 1.05. The number of nitro groups is 1. The van der Waals surface area contributed by atoms with Crippen LogP contribution in [-0.2, 0) is 5.54 Å². The lowest BCUT2D eigenvalue weighted by molar-refractivity contribution is -0.384. The van der Waals surface area contributed by atoms with Gasteiger partial charge in [0.1, 0.15) is 5.02 Å². The molecule has 14 heavy (non-hydrogen) atoms. The summed E-state index contributed by atoms with van der Waals surface area (Å²) in [6.45, 7) is 3.56. The molecule has 5 heteroatoms. The van der Waals surface area contributed by atoms with Gasteiger partial charge in [-0.1, -0.05) is 17.7 Å². The lowest BCUT2D eigenvalue weighted by atomic mass is 9.95. The predicted octanol–water partition coefficient (Wildman–Crippen LogP) is 2.44. The van der Waals surface area contributed by atoms with E-state index in [1.807, 2.05) is 0 Å². The Morgan fingerprint density at radius 3 is 2.50 bits per heavy atom. The molecule has 1 aromatic rings. The maximum Gasteiger partial charge on any atom is 0.288 e. The number of benzene rings is 1. The highest BCUT2D eigenvalue weighted by Crippen LogP contribution is 2.28. The van der Waals surface area contributed by atoms with Gasteiger partial charge in [0.15, 0.2) is 0 Å². The molecule has 1 aromatic carbocycles. The van der Waals surface area contributed by atoms with E-state index in [-0.39, 0.29) is 10.7 Å². The molecule has 0 aliphatic carbocycles. The van der Waals surface area contributed by atoms with Crippen LogP contribution in [0.1, 0.15) is 19.4 Å². The number of hydrogen-bond donors (Lipinski definition) is 1. The third-order valence-corrected chi connectivity index (χ3v) is 2.21. The van der Waals surface area contributed by atoms with Crippen molar-refractivity contribution in [1.29, 1.82) is 0 Å². The van der Waals surface area contributed by atoms with Gasteiger partial charge in [-0.05, 0) is 25.5 Å². The van der Waals surface area contributed by atoms with Gasteiger partial charge in [-0.15, -0.1) is 0 Å². The molecule has 0 bridgehead atoms. The monoisotopic (exact) mass is 214 g/mol. The molecule has 0 radical (unpaired) electrons. The fourth-order valence-corrected chi connectivity index (χ4v) is 1.24. The molecule has 0 aliphatic heterocycles. The second-order valence-electron chi connectivity index (χ2n) is 3.64. The molecule has 4 nitrogen and oxygen atoms in total. The van der Waals surface area contributed by atoms with Crippen LogP contribution in [0.25, 0.3) is 0 Å². The van der Waals surface area contributed by atoms with Gasteiger partial charge in [-0.3, -0.25) is 10.1 Å². The Labute approximate surface area is 86.8 Å². The van der Waals surface area contributed by atoms with Gasteiger partial charge in [-0.2, -0.15) is 0 Å². The summed E-state index contributed by atoms with van der Waals surface area (Å²) in [6.07, 6.45) is 0. The molecule has 0 atom stereocenters. The maximum absolute atomic E-state index is 10.6. The van der Waals surface area contributed by atoms with E-state index in [1.165, 1.54) is 12.1 Å². The second-order valence-corrected chi connectivity index (χ2v) is 4.05. The third kappa shape index (κ3) is 2.21. The minimum atomic E-state index is -0.602. The highest BCUT2D eigenvalue weighted by Gasteiger charge is 2.19. The molecule has 0 aliphatic rings. The standard InChI is InChI=1S/C9H11ClN2O2/c1-9(2,11)6-3-4-7(10)8(5-6)12(13)14/h3-5H,11H2,1-2H3. The molecule has 0 saturated heterocycles. The van der Waals surface area contributed by atoms with E-state index in [9.17, 15) is 10.1 Å². The summed E-state index contributed by atoms with van der Waals surface area (Å²) >= 11 is 5.66.